The Labute approximate surface area is 141 Å². The minimum absolute atomic E-state index is 0.308. The highest BCUT2D eigenvalue weighted by atomic mass is 32.1. The monoisotopic (exact) mass is 348 g/mol. The molecule has 0 fully saturated rings. The van der Waals surface area contributed by atoms with Crippen LogP contribution >= 0.6 is 22.7 Å². The molecule has 3 aromatic heterocycles. The molecule has 0 atom stereocenters. The van der Waals surface area contributed by atoms with Crippen LogP contribution in [-0.2, 0) is 11.3 Å². The number of thiazole rings is 1. The lowest BCUT2D eigenvalue weighted by Gasteiger charge is -2.06. The molecule has 0 amide bonds. The van der Waals surface area contributed by atoms with Crippen molar-refractivity contribution < 1.29 is 9.53 Å². The fourth-order valence-electron chi connectivity index (χ4n) is 2.26. The van der Waals surface area contributed by atoms with E-state index in [2.05, 4.69) is 20.3 Å². The molecular formula is C15H16N4O2S2. The minimum atomic E-state index is -0.308. The Morgan fingerprint density at radius 2 is 2.13 bits per heavy atom. The van der Waals surface area contributed by atoms with Gasteiger partial charge in [0.15, 0.2) is 0 Å². The van der Waals surface area contributed by atoms with Crippen molar-refractivity contribution in [1.82, 2.24) is 15.0 Å². The summed E-state index contributed by atoms with van der Waals surface area (Å²) in [6.45, 7) is 6.68. The van der Waals surface area contributed by atoms with Crippen LogP contribution < -0.4 is 5.32 Å². The normalized spacial score (nSPS) is 10.9. The third kappa shape index (κ3) is 3.04. The van der Waals surface area contributed by atoms with E-state index in [9.17, 15) is 4.79 Å². The average Bonchev–Trinajstić information content (AvgIpc) is 3.09. The van der Waals surface area contributed by atoms with E-state index in [1.165, 1.54) is 17.7 Å². The summed E-state index contributed by atoms with van der Waals surface area (Å²) in [6.07, 6.45) is 1.51. The summed E-state index contributed by atoms with van der Waals surface area (Å²) in [5.41, 5.74) is 3.70. The first-order valence-corrected chi connectivity index (χ1v) is 8.85. The van der Waals surface area contributed by atoms with Gasteiger partial charge in [-0.05, 0) is 26.3 Å². The van der Waals surface area contributed by atoms with Gasteiger partial charge >= 0.3 is 5.97 Å². The number of ether oxygens (including phenoxy) is 1. The lowest BCUT2D eigenvalue weighted by Crippen LogP contribution is -2.04. The number of rotatable bonds is 5. The number of anilines is 1. The number of hydrogen-bond donors (Lipinski definition) is 1. The predicted octanol–water partition coefficient (Wildman–Crippen LogP) is 3.55. The highest BCUT2D eigenvalue weighted by molar-refractivity contribution is 7.20. The number of carbonyl (C=O) groups is 1. The van der Waals surface area contributed by atoms with E-state index in [1.54, 1.807) is 18.3 Å². The van der Waals surface area contributed by atoms with Crippen molar-refractivity contribution in [3.8, 4) is 0 Å². The molecule has 3 aromatic rings. The van der Waals surface area contributed by atoms with Crippen molar-refractivity contribution in [2.24, 2.45) is 0 Å². The summed E-state index contributed by atoms with van der Waals surface area (Å²) < 4.78 is 5.11. The standard InChI is InChI=1S/C15H16N4O2S2/c1-4-21-15(20)12-8(2)11-13(17-6-18-14(11)23-12)16-5-10-9(3)19-7-22-10/h6-7H,4-5H2,1-3H3,(H,16,17,18). The molecule has 120 valence electrons. The van der Waals surface area contributed by atoms with Crippen LogP contribution in [0.5, 0.6) is 0 Å². The molecule has 1 N–H and O–H groups in total. The second-order valence-electron chi connectivity index (χ2n) is 4.89. The Kier molecular flexibility index (Phi) is 4.53. The Morgan fingerprint density at radius 1 is 1.30 bits per heavy atom. The highest BCUT2D eigenvalue weighted by Gasteiger charge is 2.20. The zero-order valence-electron chi connectivity index (χ0n) is 13.0. The van der Waals surface area contributed by atoms with Gasteiger partial charge in [-0.2, -0.15) is 0 Å². The summed E-state index contributed by atoms with van der Waals surface area (Å²) in [5, 5.41) is 4.21. The summed E-state index contributed by atoms with van der Waals surface area (Å²) in [4.78, 5) is 27.4. The van der Waals surface area contributed by atoms with Crippen molar-refractivity contribution in [3.05, 3.63) is 32.8 Å². The molecular weight excluding hydrogens is 332 g/mol. The zero-order valence-corrected chi connectivity index (χ0v) is 14.7. The van der Waals surface area contributed by atoms with Crippen molar-refractivity contribution in [2.45, 2.75) is 27.3 Å². The zero-order chi connectivity index (χ0) is 16.4. The summed E-state index contributed by atoms with van der Waals surface area (Å²) >= 11 is 2.94. The number of hydrogen-bond acceptors (Lipinski definition) is 8. The molecule has 8 heteroatoms. The largest absolute Gasteiger partial charge is 0.462 e. The molecule has 0 aliphatic carbocycles. The van der Waals surface area contributed by atoms with Gasteiger partial charge in [0.25, 0.3) is 0 Å². The molecule has 0 bridgehead atoms. The first-order chi connectivity index (χ1) is 11.1. The van der Waals surface area contributed by atoms with E-state index in [0.717, 1.165) is 32.2 Å². The van der Waals surface area contributed by atoms with Crippen molar-refractivity contribution in [1.29, 1.82) is 0 Å². The molecule has 0 radical (unpaired) electrons. The number of carbonyl (C=O) groups excluding carboxylic acids is 1. The number of fused-ring (bicyclic) bond motifs is 1. The SMILES string of the molecule is CCOC(=O)c1sc2ncnc(NCc3scnc3C)c2c1C. The fourth-order valence-corrected chi connectivity index (χ4v) is 4.02. The quantitative estimate of drug-likeness (QED) is 0.711. The molecule has 0 saturated carbocycles. The van der Waals surface area contributed by atoms with Crippen molar-refractivity contribution >= 4 is 44.7 Å². The fraction of sp³-hybridized carbons (Fsp3) is 0.333. The van der Waals surface area contributed by atoms with Gasteiger partial charge in [-0.1, -0.05) is 0 Å². The Morgan fingerprint density at radius 3 is 2.83 bits per heavy atom. The van der Waals surface area contributed by atoms with Crippen LogP contribution in [0, 0.1) is 13.8 Å². The molecule has 0 aromatic carbocycles. The lowest BCUT2D eigenvalue weighted by atomic mass is 10.2. The topological polar surface area (TPSA) is 77.0 Å². The third-order valence-electron chi connectivity index (χ3n) is 3.45. The van der Waals surface area contributed by atoms with Gasteiger partial charge in [0.2, 0.25) is 0 Å². The van der Waals surface area contributed by atoms with Crippen LogP contribution in [0.15, 0.2) is 11.8 Å². The van der Waals surface area contributed by atoms with E-state index in [4.69, 9.17) is 4.74 Å². The smallest absolute Gasteiger partial charge is 0.348 e. The van der Waals surface area contributed by atoms with Gasteiger partial charge in [-0.3, -0.25) is 0 Å². The Balaban J connectivity index is 1.94. The number of aromatic nitrogens is 3. The minimum Gasteiger partial charge on any atom is -0.462 e. The number of nitrogens with zero attached hydrogens (tertiary/aromatic N) is 3. The van der Waals surface area contributed by atoms with Crippen LogP contribution in [-0.4, -0.2) is 27.5 Å². The van der Waals surface area contributed by atoms with Gasteiger partial charge in [-0.15, -0.1) is 22.7 Å². The number of thiophene rings is 1. The van der Waals surface area contributed by atoms with E-state index in [0.29, 0.717) is 18.0 Å². The molecule has 0 aliphatic rings. The maximum atomic E-state index is 12.0. The molecule has 0 aliphatic heterocycles. The Bertz CT molecular complexity index is 856. The van der Waals surface area contributed by atoms with E-state index < -0.39 is 0 Å². The van der Waals surface area contributed by atoms with Gasteiger partial charge in [0.1, 0.15) is 21.9 Å². The maximum absolute atomic E-state index is 12.0. The second-order valence-corrected chi connectivity index (χ2v) is 6.83. The second kappa shape index (κ2) is 6.59. The van der Waals surface area contributed by atoms with Crippen molar-refractivity contribution in [3.63, 3.8) is 0 Å². The molecule has 0 saturated heterocycles. The van der Waals surface area contributed by atoms with Crippen LogP contribution in [0.3, 0.4) is 0 Å². The van der Waals surface area contributed by atoms with Crippen molar-refractivity contribution in [2.75, 3.05) is 11.9 Å². The van der Waals surface area contributed by atoms with Crippen LogP contribution in [0.25, 0.3) is 10.2 Å². The van der Waals surface area contributed by atoms with Crippen LogP contribution in [0.1, 0.15) is 32.7 Å². The summed E-state index contributed by atoms with van der Waals surface area (Å²) in [7, 11) is 0. The average molecular weight is 348 g/mol. The molecule has 3 rings (SSSR count). The molecule has 0 spiro atoms. The van der Waals surface area contributed by atoms with E-state index in [-0.39, 0.29) is 5.97 Å². The van der Waals surface area contributed by atoms with E-state index >= 15 is 0 Å². The van der Waals surface area contributed by atoms with Crippen LogP contribution in [0.4, 0.5) is 5.82 Å². The molecule has 3 heterocycles. The third-order valence-corrected chi connectivity index (χ3v) is 5.56. The first kappa shape index (κ1) is 15.8. The highest BCUT2D eigenvalue weighted by Crippen LogP contribution is 2.34. The summed E-state index contributed by atoms with van der Waals surface area (Å²) in [6, 6.07) is 0. The summed E-state index contributed by atoms with van der Waals surface area (Å²) in [5.74, 6) is 0.421. The number of nitrogens with one attached hydrogen (secondary N) is 1. The van der Waals surface area contributed by atoms with Gasteiger partial charge in [0.05, 0.1) is 29.7 Å². The predicted molar refractivity (Wildman–Crippen MR) is 92.3 cm³/mol. The van der Waals surface area contributed by atoms with Gasteiger partial charge in [0, 0.05) is 4.88 Å². The van der Waals surface area contributed by atoms with Crippen LogP contribution in [0.2, 0.25) is 0 Å². The van der Waals surface area contributed by atoms with E-state index in [1.807, 2.05) is 19.4 Å². The first-order valence-electron chi connectivity index (χ1n) is 7.15. The molecule has 0 unspecified atom stereocenters. The lowest BCUT2D eigenvalue weighted by molar-refractivity contribution is 0.0531. The maximum Gasteiger partial charge on any atom is 0.348 e. The Hall–Kier alpha value is -2.06. The molecule has 6 nitrogen and oxygen atoms in total. The van der Waals surface area contributed by atoms with Gasteiger partial charge < -0.3 is 10.1 Å². The number of aryl methyl sites for hydroxylation is 2. The number of esters is 1. The van der Waals surface area contributed by atoms with Gasteiger partial charge in [-0.25, -0.2) is 19.7 Å². The molecule has 23 heavy (non-hydrogen) atoms.